The van der Waals surface area contributed by atoms with Crippen molar-refractivity contribution in [1.82, 2.24) is 0 Å². The predicted molar refractivity (Wildman–Crippen MR) is 244 cm³/mol. The molecule has 21 fully saturated rings. The highest BCUT2D eigenvalue weighted by Crippen LogP contribution is 2.39. The Morgan fingerprint density at radius 3 is 0.568 bits per heavy atom. The summed E-state index contributed by atoms with van der Waals surface area (Å²) >= 11 is 0. The summed E-state index contributed by atoms with van der Waals surface area (Å²) in [4.78, 5) is 0. The predicted octanol–water partition coefficient (Wildman–Crippen LogP) is -14.8. The first-order chi connectivity index (χ1) is 38.7. The van der Waals surface area contributed by atoms with Crippen LogP contribution in [0.2, 0.25) is 0 Å². The fraction of sp³-hybridized carbons (Fsp3) is 1.00. The minimum absolute atomic E-state index is 0.0872. The lowest BCUT2D eigenvalue weighted by atomic mass is 9.95. The molecule has 21 aliphatic heterocycles. The van der Waals surface area contributed by atoms with Crippen LogP contribution in [0.25, 0.3) is 0 Å². The first-order valence-corrected chi connectivity index (χ1v) is 26.2. The summed E-state index contributed by atoms with van der Waals surface area (Å²) in [7, 11) is 0. The van der Waals surface area contributed by atoms with Crippen LogP contribution in [0, 0.1) is 0 Å². The molecule has 472 valence electrons. The molecule has 21 aliphatic rings. The largest absolute Gasteiger partial charge is 0.396 e. The van der Waals surface area contributed by atoms with Crippen molar-refractivity contribution in [1.29, 1.82) is 0 Å². The van der Waals surface area contributed by atoms with Gasteiger partial charge in [-0.15, -0.1) is 0 Å². The maximum atomic E-state index is 11.6. The van der Waals surface area contributed by atoms with Crippen molar-refractivity contribution < 1.29 is 178 Å². The Bertz CT molecular complexity index is 1890. The van der Waals surface area contributed by atoms with Gasteiger partial charge >= 0.3 is 0 Å². The molecule has 0 aromatic rings. The summed E-state index contributed by atoms with van der Waals surface area (Å²) in [5.41, 5.74) is 0. The average molecular weight is 1190 g/mol. The summed E-state index contributed by atoms with van der Waals surface area (Å²) in [6.45, 7) is -7.28. The van der Waals surface area contributed by atoms with Crippen LogP contribution in [0.5, 0.6) is 0 Å². The van der Waals surface area contributed by atoms with E-state index < -0.39 is 261 Å². The molecule has 21 saturated heterocycles. The topological polar surface area (TPSA) is 563 Å². The number of aliphatic hydroxyl groups excluding tert-OH is 21. The molecule has 0 aromatic carbocycles. The van der Waals surface area contributed by atoms with E-state index in [1.54, 1.807) is 0 Å². The molecule has 0 amide bonds. The molecule has 81 heavy (non-hydrogen) atoms. The van der Waals surface area contributed by atoms with Crippen molar-refractivity contribution in [2.45, 2.75) is 221 Å². The highest BCUT2D eigenvalue weighted by molar-refractivity contribution is 5.02. The smallest absolute Gasteiger partial charge is 0.187 e. The zero-order chi connectivity index (χ0) is 58.9. The molecule has 35 atom stereocenters. The van der Waals surface area contributed by atoms with Crippen LogP contribution in [-0.2, 0) is 71.1 Å². The third kappa shape index (κ3) is 13.5. The lowest BCUT2D eigenvalue weighted by Crippen LogP contribution is -2.68. The van der Waals surface area contributed by atoms with Gasteiger partial charge in [0.2, 0.25) is 0 Å². The Kier molecular flexibility index (Phi) is 23.1. The molecular formula is C45H76O36. The van der Waals surface area contributed by atoms with E-state index in [9.17, 15) is 107 Å². The van der Waals surface area contributed by atoms with E-state index in [1.165, 1.54) is 0 Å². The van der Waals surface area contributed by atoms with Gasteiger partial charge in [0.25, 0.3) is 0 Å². The highest BCUT2D eigenvalue weighted by atomic mass is 16.8. The van der Waals surface area contributed by atoms with Crippen molar-refractivity contribution in [3.63, 3.8) is 0 Å². The maximum absolute atomic E-state index is 11.6. The molecule has 36 nitrogen and oxygen atoms in total. The second kappa shape index (κ2) is 28.6. The molecule has 14 bridgehead atoms. The van der Waals surface area contributed by atoms with Gasteiger partial charge in [-0.2, -0.15) is 0 Å². The summed E-state index contributed by atoms with van der Waals surface area (Å²) in [5.74, 6) is 0. The second-order valence-electron chi connectivity index (χ2n) is 20.6. The van der Waals surface area contributed by atoms with Crippen LogP contribution < -0.4 is 0 Å². The van der Waals surface area contributed by atoms with Gasteiger partial charge in [-0.1, -0.05) is 0 Å². The summed E-state index contributed by atoms with van der Waals surface area (Å²) in [5, 5.41) is 231. The van der Waals surface area contributed by atoms with E-state index >= 15 is 0 Å². The summed E-state index contributed by atoms with van der Waals surface area (Å²) in [6.07, 6.45) is -69.9. The number of rotatable bonds is 11. The normalized spacial score (nSPS) is 53.2. The fourth-order valence-electron chi connectivity index (χ4n) is 10.8. The van der Waals surface area contributed by atoms with Gasteiger partial charge in [-0.05, 0) is 6.42 Å². The Balaban J connectivity index is 1.09. The standard InChI is InChI=1S/C45H76O36/c46-2-1-3-67-10-17-38-24(59)31(66)45(74-17)80-37-16(9-52)72-43(29(64)22(37)57)78-35-14(7-50)70-41(27(62)20(35)55)76-33-12(5-48)68-39(25(60)18(33)53)75-32-11(4-47)69-40(26(61)19(32)54)77-34-13(6-49)71-42(28(63)21(34)56)79-36-15(8-51)73-44(81-38)30(65)23(36)58/h11-66H,1-10H2/t11-,12-,13-,14-,15-,16-,17-,18-,19-,20-,21-,22-,23-,24-,25-,26-,27-,28-,29-,30-,31-,32-,33-,34-,35-,36-,37-,38-,39-,40-,41-,42-,43-,44-,45-/m1/s1. The third-order valence-corrected chi connectivity index (χ3v) is 15.3. The van der Waals surface area contributed by atoms with Gasteiger partial charge in [0.15, 0.2) is 44.0 Å². The number of hydrogen-bond donors (Lipinski definition) is 21. The maximum Gasteiger partial charge on any atom is 0.187 e. The molecule has 36 heteroatoms. The molecule has 21 rings (SSSR count). The van der Waals surface area contributed by atoms with Gasteiger partial charge in [0.1, 0.15) is 171 Å². The first-order valence-electron chi connectivity index (χ1n) is 26.2. The third-order valence-electron chi connectivity index (χ3n) is 15.3. The van der Waals surface area contributed by atoms with Crippen molar-refractivity contribution >= 4 is 0 Å². The molecule has 0 radical (unpaired) electrons. The van der Waals surface area contributed by atoms with Gasteiger partial charge in [0.05, 0.1) is 46.2 Å². The molecule has 21 N–H and O–H groups in total. The van der Waals surface area contributed by atoms with Crippen LogP contribution in [0.3, 0.4) is 0 Å². The van der Waals surface area contributed by atoms with Crippen molar-refractivity contribution in [2.75, 3.05) is 59.5 Å². The van der Waals surface area contributed by atoms with E-state index in [2.05, 4.69) is 0 Å². The summed E-state index contributed by atoms with van der Waals surface area (Å²) in [6, 6.07) is 0. The minimum atomic E-state index is -2.21. The van der Waals surface area contributed by atoms with E-state index in [4.69, 9.17) is 71.1 Å². The molecule has 0 unspecified atom stereocenters. The molecule has 0 aliphatic carbocycles. The Labute approximate surface area is 458 Å². The molecule has 0 spiro atoms. The highest BCUT2D eigenvalue weighted by Gasteiger charge is 2.59. The monoisotopic (exact) mass is 1190 g/mol. The summed E-state index contributed by atoms with van der Waals surface area (Å²) < 4.78 is 86.1. The Hall–Kier alpha value is -1.44. The quantitative estimate of drug-likeness (QED) is 0.0854. The second-order valence-corrected chi connectivity index (χ2v) is 20.6. The molecule has 0 aromatic heterocycles. The zero-order valence-corrected chi connectivity index (χ0v) is 42.8. The van der Waals surface area contributed by atoms with Crippen LogP contribution in [0.4, 0.5) is 0 Å². The molecule has 21 heterocycles. The van der Waals surface area contributed by atoms with Gasteiger partial charge in [-0.25, -0.2) is 0 Å². The zero-order valence-electron chi connectivity index (χ0n) is 42.8. The fourth-order valence-corrected chi connectivity index (χ4v) is 10.8. The lowest BCUT2D eigenvalue weighted by molar-refractivity contribution is -0.397. The van der Waals surface area contributed by atoms with E-state index in [1.807, 2.05) is 0 Å². The Morgan fingerprint density at radius 1 is 0.222 bits per heavy atom. The van der Waals surface area contributed by atoms with Crippen molar-refractivity contribution in [3.05, 3.63) is 0 Å². The van der Waals surface area contributed by atoms with Crippen molar-refractivity contribution in [2.24, 2.45) is 0 Å². The van der Waals surface area contributed by atoms with Crippen molar-refractivity contribution in [3.8, 4) is 0 Å². The van der Waals surface area contributed by atoms with Crippen LogP contribution in [-0.4, -0.2) is 382 Å². The van der Waals surface area contributed by atoms with Gasteiger partial charge in [-0.3, -0.25) is 0 Å². The van der Waals surface area contributed by atoms with Gasteiger partial charge < -0.3 is 178 Å². The first kappa shape index (κ1) is 65.5. The number of ether oxygens (including phenoxy) is 15. The Morgan fingerprint density at radius 2 is 0.395 bits per heavy atom. The minimum Gasteiger partial charge on any atom is -0.396 e. The van der Waals surface area contributed by atoms with E-state index in [0.29, 0.717) is 0 Å². The number of aliphatic hydroxyl groups is 21. The van der Waals surface area contributed by atoms with E-state index in [-0.39, 0.29) is 19.6 Å². The SMILES string of the molecule is OCCCOC[C@H]1O[C@@H]2O[C@H]3[C@H](O)[C@@H](O)[C@@H](O[C@H]4[C@H](O)[C@@H](O)[C@@H](O[C@H]5[C@H](O)[C@@H](O)[C@@H](O[C@H]6[C@H](O)[C@@H](O)[C@@H](O[C@H]7[C@H](O)[C@@H](O)[C@@H](O[C@H]8[C@H](O)[C@@H](O)[C@@H](O[C@H]1[C@H](O)[C@H]2O)O[C@@H]8CO)O[C@@H]7CO)O[C@@H]6CO)O[C@@H]5CO)O[C@@H]4CO)O[C@@H]3CO. The van der Waals surface area contributed by atoms with Crippen LogP contribution in [0.1, 0.15) is 6.42 Å². The van der Waals surface area contributed by atoms with Crippen LogP contribution in [0.15, 0.2) is 0 Å². The van der Waals surface area contributed by atoms with E-state index in [0.717, 1.165) is 0 Å². The average Bonchev–Trinajstić information content (AvgIpc) is 3.47. The van der Waals surface area contributed by atoms with Gasteiger partial charge in [0, 0.05) is 13.2 Å². The molecule has 0 saturated carbocycles. The number of hydrogen-bond acceptors (Lipinski definition) is 36. The lowest BCUT2D eigenvalue weighted by Gasteiger charge is -2.50. The van der Waals surface area contributed by atoms with Crippen LogP contribution >= 0.6 is 0 Å². The molecular weight excluding hydrogens is 1120 g/mol.